The summed E-state index contributed by atoms with van der Waals surface area (Å²) in [7, 11) is 0. The van der Waals surface area contributed by atoms with Crippen LogP contribution in [0.25, 0.3) is 0 Å². The van der Waals surface area contributed by atoms with Crippen molar-refractivity contribution in [3.8, 4) is 0 Å². The van der Waals surface area contributed by atoms with Crippen LogP contribution in [0.3, 0.4) is 0 Å². The van der Waals surface area contributed by atoms with Gasteiger partial charge < -0.3 is 21.3 Å². The highest BCUT2D eigenvalue weighted by atomic mass is 16.3. The Bertz CT molecular complexity index is 99.0. The van der Waals surface area contributed by atoms with E-state index in [-0.39, 0.29) is 18.7 Å². The second-order valence-electron chi connectivity index (χ2n) is 2.35. The number of hydrogen-bond donors (Lipinski definition) is 4. The zero-order valence-electron chi connectivity index (χ0n) is 5.12. The second-order valence-corrected chi connectivity index (χ2v) is 2.35. The first-order chi connectivity index (χ1) is 4.25. The third-order valence-corrected chi connectivity index (χ3v) is 1.66. The van der Waals surface area contributed by atoms with Gasteiger partial charge in [-0.25, -0.2) is 0 Å². The summed E-state index contributed by atoms with van der Waals surface area (Å²) in [6, 6.07) is -0.442. The third-order valence-electron chi connectivity index (χ3n) is 1.66. The van der Waals surface area contributed by atoms with Crippen LogP contribution in [0, 0.1) is 0 Å². The molecule has 1 fully saturated rings. The molecule has 0 saturated carbocycles. The molecule has 4 nitrogen and oxygen atoms in total. The predicted molar refractivity (Wildman–Crippen MR) is 32.9 cm³/mol. The molecule has 5 N–H and O–H groups in total. The van der Waals surface area contributed by atoms with Crippen LogP contribution >= 0.6 is 0 Å². The first kappa shape index (κ1) is 6.95. The molecule has 1 aliphatic heterocycles. The molecule has 0 unspecified atom stereocenters. The molecule has 0 aromatic carbocycles. The molecule has 0 aromatic rings. The molecule has 1 saturated heterocycles. The van der Waals surface area contributed by atoms with Crippen molar-refractivity contribution >= 4 is 0 Å². The van der Waals surface area contributed by atoms with E-state index in [0.29, 0.717) is 6.54 Å². The highest BCUT2D eigenvalue weighted by Gasteiger charge is 2.30. The zero-order valence-corrected chi connectivity index (χ0v) is 5.12. The molecule has 0 amide bonds. The maximum Gasteiger partial charge on any atom is 0.0878 e. The lowest BCUT2D eigenvalue weighted by Gasteiger charge is -2.12. The van der Waals surface area contributed by atoms with E-state index in [0.717, 1.165) is 0 Å². The summed E-state index contributed by atoms with van der Waals surface area (Å²) in [5.74, 6) is 0. The van der Waals surface area contributed by atoms with Crippen molar-refractivity contribution in [2.75, 3.05) is 13.2 Å². The highest BCUT2D eigenvalue weighted by Crippen LogP contribution is 2.03. The highest BCUT2D eigenvalue weighted by molar-refractivity contribution is 4.92. The summed E-state index contributed by atoms with van der Waals surface area (Å²) in [6.07, 6.45) is -0.588. The fourth-order valence-electron chi connectivity index (χ4n) is 1.000. The van der Waals surface area contributed by atoms with E-state index >= 15 is 0 Å². The number of hydrogen-bond acceptors (Lipinski definition) is 4. The van der Waals surface area contributed by atoms with Crippen LogP contribution in [0.4, 0.5) is 0 Å². The molecule has 1 heterocycles. The minimum Gasteiger partial charge on any atom is -0.395 e. The van der Waals surface area contributed by atoms with E-state index in [1.54, 1.807) is 0 Å². The minimum absolute atomic E-state index is 0.0468. The van der Waals surface area contributed by atoms with Gasteiger partial charge in [0.1, 0.15) is 0 Å². The normalized spacial score (nSPS) is 43.7. The summed E-state index contributed by atoms with van der Waals surface area (Å²) >= 11 is 0. The zero-order chi connectivity index (χ0) is 6.85. The summed E-state index contributed by atoms with van der Waals surface area (Å²) in [5, 5.41) is 20.6. The Morgan fingerprint density at radius 3 is 2.56 bits per heavy atom. The van der Waals surface area contributed by atoms with Crippen LogP contribution in [-0.4, -0.2) is 41.6 Å². The van der Waals surface area contributed by atoms with E-state index in [1.165, 1.54) is 0 Å². The van der Waals surface area contributed by atoms with Gasteiger partial charge in [-0.1, -0.05) is 0 Å². The molecular formula is C5H12N2O2. The maximum absolute atomic E-state index is 9.11. The Morgan fingerprint density at radius 2 is 2.33 bits per heavy atom. The van der Waals surface area contributed by atoms with Gasteiger partial charge in [-0.15, -0.1) is 0 Å². The topological polar surface area (TPSA) is 78.5 Å². The van der Waals surface area contributed by atoms with Crippen molar-refractivity contribution in [2.24, 2.45) is 5.73 Å². The van der Waals surface area contributed by atoms with Gasteiger partial charge in [-0.3, -0.25) is 0 Å². The molecule has 54 valence electrons. The number of aliphatic hydroxyl groups is 2. The monoisotopic (exact) mass is 132 g/mol. The van der Waals surface area contributed by atoms with E-state index < -0.39 is 6.10 Å². The summed E-state index contributed by atoms with van der Waals surface area (Å²) in [5.41, 5.74) is 5.42. The van der Waals surface area contributed by atoms with Gasteiger partial charge in [-0.05, 0) is 0 Å². The summed E-state index contributed by atoms with van der Waals surface area (Å²) in [6.45, 7) is 0.543. The largest absolute Gasteiger partial charge is 0.395 e. The SMILES string of the molecule is N[C@@H]1CN[C@H](CO)[C@H]1O. The van der Waals surface area contributed by atoms with Crippen LogP contribution in [0.5, 0.6) is 0 Å². The number of nitrogens with one attached hydrogen (secondary N) is 1. The molecule has 0 radical (unpaired) electrons. The van der Waals surface area contributed by atoms with Gasteiger partial charge >= 0.3 is 0 Å². The average Bonchev–Trinajstić information content (AvgIpc) is 2.15. The second kappa shape index (κ2) is 2.62. The summed E-state index contributed by atoms with van der Waals surface area (Å²) in [4.78, 5) is 0. The Labute approximate surface area is 53.7 Å². The molecule has 0 aromatic heterocycles. The minimum atomic E-state index is -0.588. The number of aliphatic hydroxyl groups excluding tert-OH is 2. The Kier molecular flexibility index (Phi) is 2.02. The molecule has 1 aliphatic rings. The van der Waals surface area contributed by atoms with Crippen molar-refractivity contribution in [3.63, 3.8) is 0 Å². The fraction of sp³-hybridized carbons (Fsp3) is 1.00. The van der Waals surface area contributed by atoms with Crippen LogP contribution in [0.1, 0.15) is 0 Å². The molecule has 0 bridgehead atoms. The quantitative estimate of drug-likeness (QED) is 0.322. The van der Waals surface area contributed by atoms with E-state index in [4.69, 9.17) is 15.9 Å². The molecule has 0 aliphatic carbocycles. The molecule has 9 heavy (non-hydrogen) atoms. The smallest absolute Gasteiger partial charge is 0.0878 e. The first-order valence-corrected chi connectivity index (χ1v) is 3.03. The summed E-state index contributed by atoms with van der Waals surface area (Å²) < 4.78 is 0. The van der Waals surface area contributed by atoms with Crippen LogP contribution in [0.2, 0.25) is 0 Å². The van der Waals surface area contributed by atoms with Gasteiger partial charge in [0.25, 0.3) is 0 Å². The Hall–Kier alpha value is -0.160. The average molecular weight is 132 g/mol. The molecular weight excluding hydrogens is 120 g/mol. The fourth-order valence-corrected chi connectivity index (χ4v) is 1.000. The van der Waals surface area contributed by atoms with Gasteiger partial charge in [-0.2, -0.15) is 0 Å². The maximum atomic E-state index is 9.11. The van der Waals surface area contributed by atoms with Gasteiger partial charge in [0, 0.05) is 12.6 Å². The Balaban J connectivity index is 2.41. The third kappa shape index (κ3) is 1.21. The van der Waals surface area contributed by atoms with E-state index in [1.807, 2.05) is 0 Å². The molecule has 1 rings (SSSR count). The number of nitrogens with two attached hydrogens (primary N) is 1. The lowest BCUT2D eigenvalue weighted by Crippen LogP contribution is -2.39. The standard InChI is InChI=1S/C5H12N2O2/c6-3-1-7-4(2-8)5(3)9/h3-5,7-9H,1-2,6H2/t3-,4-,5+/m1/s1. The molecule has 3 atom stereocenters. The van der Waals surface area contributed by atoms with Crippen molar-refractivity contribution < 1.29 is 10.2 Å². The van der Waals surface area contributed by atoms with E-state index in [2.05, 4.69) is 5.32 Å². The predicted octanol–water partition coefficient (Wildman–Crippen LogP) is -2.36. The lowest BCUT2D eigenvalue weighted by atomic mass is 10.1. The van der Waals surface area contributed by atoms with Gasteiger partial charge in [0.05, 0.1) is 18.8 Å². The molecule has 4 heteroatoms. The van der Waals surface area contributed by atoms with Crippen LogP contribution in [-0.2, 0) is 0 Å². The van der Waals surface area contributed by atoms with Crippen LogP contribution in [0.15, 0.2) is 0 Å². The molecule has 0 spiro atoms. The number of rotatable bonds is 1. The van der Waals surface area contributed by atoms with Gasteiger partial charge in [0.15, 0.2) is 0 Å². The van der Waals surface area contributed by atoms with Crippen molar-refractivity contribution in [1.29, 1.82) is 0 Å². The lowest BCUT2D eigenvalue weighted by molar-refractivity contribution is 0.111. The first-order valence-electron chi connectivity index (χ1n) is 3.03. The van der Waals surface area contributed by atoms with Crippen molar-refractivity contribution in [2.45, 2.75) is 18.2 Å². The van der Waals surface area contributed by atoms with Crippen molar-refractivity contribution in [1.82, 2.24) is 5.32 Å². The van der Waals surface area contributed by atoms with Crippen molar-refractivity contribution in [3.05, 3.63) is 0 Å². The van der Waals surface area contributed by atoms with E-state index in [9.17, 15) is 0 Å². The van der Waals surface area contributed by atoms with Gasteiger partial charge in [0.2, 0.25) is 0 Å². The Morgan fingerprint density at radius 1 is 1.67 bits per heavy atom. The van der Waals surface area contributed by atoms with Crippen LogP contribution < -0.4 is 11.1 Å².